The van der Waals surface area contributed by atoms with Crippen LogP contribution in [0.5, 0.6) is 5.88 Å². The maximum absolute atomic E-state index is 11.6. The van der Waals surface area contributed by atoms with E-state index in [2.05, 4.69) is 37.4 Å². The molecule has 1 aliphatic heterocycles. The Morgan fingerprint density at radius 3 is 2.72 bits per heavy atom. The molecule has 186 valence electrons. The number of imidazole rings is 1. The highest BCUT2D eigenvalue weighted by Gasteiger charge is 2.22. The third-order valence-corrected chi connectivity index (χ3v) is 6.31. The van der Waals surface area contributed by atoms with Crippen LogP contribution in [-0.4, -0.2) is 78.4 Å². The molecule has 12 heteroatoms. The number of ether oxygens (including phenoxy) is 1. The van der Waals surface area contributed by atoms with Crippen LogP contribution in [0.4, 0.5) is 5.95 Å². The molecule has 1 atom stereocenters. The SMILES string of the molecule is O=c1[nH]c(O)c(C=c2cnn3c(=NC4CC4)nc(NC(CN4CCOCC4)c4ccccc4)nc23)[nH]1. The molecule has 0 radical (unpaired) electrons. The largest absolute Gasteiger partial charge is 0.493 e. The number of morpholine rings is 1. The van der Waals surface area contributed by atoms with E-state index in [4.69, 9.17) is 19.7 Å². The summed E-state index contributed by atoms with van der Waals surface area (Å²) in [6, 6.07) is 10.4. The van der Waals surface area contributed by atoms with Crippen molar-refractivity contribution in [3.63, 3.8) is 0 Å². The van der Waals surface area contributed by atoms with Crippen LogP contribution in [0.15, 0.2) is 46.3 Å². The van der Waals surface area contributed by atoms with Crippen molar-refractivity contribution < 1.29 is 9.84 Å². The van der Waals surface area contributed by atoms with Crippen LogP contribution in [0, 0.1) is 0 Å². The summed E-state index contributed by atoms with van der Waals surface area (Å²) >= 11 is 0. The fourth-order valence-corrected chi connectivity index (χ4v) is 4.26. The number of hydrogen-bond donors (Lipinski definition) is 4. The van der Waals surface area contributed by atoms with Gasteiger partial charge in [0.1, 0.15) is 5.69 Å². The summed E-state index contributed by atoms with van der Waals surface area (Å²) in [5.41, 5.74) is 1.87. The normalized spacial score (nSPS) is 18.7. The minimum atomic E-state index is -0.495. The quantitative estimate of drug-likeness (QED) is 0.282. The molecule has 3 aromatic heterocycles. The van der Waals surface area contributed by atoms with Crippen molar-refractivity contribution in [3.8, 4) is 5.88 Å². The average molecular weight is 490 g/mol. The van der Waals surface area contributed by atoms with Gasteiger partial charge in [-0.3, -0.25) is 9.88 Å². The molecule has 1 unspecified atom stereocenters. The van der Waals surface area contributed by atoms with Crippen molar-refractivity contribution in [2.75, 3.05) is 38.2 Å². The third-order valence-electron chi connectivity index (χ3n) is 6.31. The van der Waals surface area contributed by atoms with Crippen LogP contribution < -0.4 is 21.8 Å². The number of benzene rings is 1. The second-order valence-electron chi connectivity index (χ2n) is 9.05. The zero-order chi connectivity index (χ0) is 24.5. The number of aromatic nitrogens is 6. The molecular formula is C24H27N9O3. The van der Waals surface area contributed by atoms with Crippen LogP contribution in [0.2, 0.25) is 0 Å². The zero-order valence-corrected chi connectivity index (χ0v) is 19.6. The fraction of sp³-hybridized carbons (Fsp3) is 0.375. The molecule has 36 heavy (non-hydrogen) atoms. The number of fused-ring (bicyclic) bond motifs is 1. The number of nitrogens with zero attached hydrogens (tertiary/aromatic N) is 6. The van der Waals surface area contributed by atoms with Gasteiger partial charge in [0, 0.05) is 24.9 Å². The van der Waals surface area contributed by atoms with Gasteiger partial charge >= 0.3 is 5.69 Å². The number of nitrogens with one attached hydrogen (secondary N) is 3. The molecular weight excluding hydrogens is 462 g/mol. The van der Waals surface area contributed by atoms with Gasteiger partial charge in [-0.1, -0.05) is 30.3 Å². The first kappa shape index (κ1) is 22.4. The van der Waals surface area contributed by atoms with E-state index in [0.29, 0.717) is 22.4 Å². The number of rotatable bonds is 7. The standard InChI is InChI=1S/C24H27N9O3/c34-21-18(28-24(35)30-21)12-16-13-25-33-20(16)29-22(31-23(33)26-17-6-7-17)27-19(15-4-2-1-3-5-15)14-32-8-10-36-11-9-32/h1-5,12-13,17,19,34H,6-11,14H2,(H,26,27,31)(H2,28,30,35). The predicted octanol–water partition coefficient (Wildman–Crippen LogP) is -0.0575. The van der Waals surface area contributed by atoms with E-state index in [9.17, 15) is 9.90 Å². The van der Waals surface area contributed by atoms with Crippen molar-refractivity contribution in [2.45, 2.75) is 24.9 Å². The Kier molecular flexibility index (Phi) is 5.95. The van der Waals surface area contributed by atoms with Crippen LogP contribution in [-0.2, 0) is 4.74 Å². The van der Waals surface area contributed by atoms with E-state index >= 15 is 0 Å². The Bertz CT molecular complexity index is 1530. The predicted molar refractivity (Wildman–Crippen MR) is 131 cm³/mol. The number of aromatic amines is 2. The van der Waals surface area contributed by atoms with Gasteiger partial charge in [0.2, 0.25) is 11.8 Å². The number of aromatic hydroxyl groups is 1. The maximum Gasteiger partial charge on any atom is 0.326 e. The summed E-state index contributed by atoms with van der Waals surface area (Å²) in [5.74, 6) is 0.190. The Labute approximate surface area is 205 Å². The van der Waals surface area contributed by atoms with Crippen molar-refractivity contribution in [1.29, 1.82) is 0 Å². The molecule has 1 aromatic carbocycles. The van der Waals surface area contributed by atoms with Gasteiger partial charge in [0.05, 0.1) is 31.5 Å². The van der Waals surface area contributed by atoms with E-state index in [1.165, 1.54) is 0 Å². The molecule has 2 aliphatic rings. The van der Waals surface area contributed by atoms with E-state index in [1.807, 2.05) is 18.2 Å². The number of H-pyrrole nitrogens is 2. The van der Waals surface area contributed by atoms with Crippen molar-refractivity contribution in [3.05, 3.63) is 69.1 Å². The van der Waals surface area contributed by atoms with Gasteiger partial charge in [-0.25, -0.2) is 9.79 Å². The Balaban J connectivity index is 1.42. The molecule has 1 saturated heterocycles. The zero-order valence-electron chi connectivity index (χ0n) is 19.6. The molecule has 0 spiro atoms. The van der Waals surface area contributed by atoms with E-state index in [-0.39, 0.29) is 23.7 Å². The van der Waals surface area contributed by atoms with Crippen molar-refractivity contribution in [2.24, 2.45) is 4.99 Å². The fourth-order valence-electron chi connectivity index (χ4n) is 4.26. The lowest BCUT2D eigenvalue weighted by molar-refractivity contribution is 0.0360. The first-order valence-electron chi connectivity index (χ1n) is 12.1. The Hall–Kier alpha value is -4.03. The summed E-state index contributed by atoms with van der Waals surface area (Å²) in [5, 5.41) is 18.6. The first-order valence-corrected chi connectivity index (χ1v) is 12.1. The van der Waals surface area contributed by atoms with Crippen LogP contribution in [0.3, 0.4) is 0 Å². The molecule has 1 aliphatic carbocycles. The monoisotopic (exact) mass is 489 g/mol. The molecule has 0 bridgehead atoms. The molecule has 2 fully saturated rings. The lowest BCUT2D eigenvalue weighted by Gasteiger charge is -2.31. The molecule has 12 nitrogen and oxygen atoms in total. The Morgan fingerprint density at radius 1 is 1.19 bits per heavy atom. The van der Waals surface area contributed by atoms with Gasteiger partial charge in [0.15, 0.2) is 5.65 Å². The smallest absolute Gasteiger partial charge is 0.326 e. The number of anilines is 1. The highest BCUT2D eigenvalue weighted by Crippen LogP contribution is 2.23. The van der Waals surface area contributed by atoms with Crippen LogP contribution >= 0.6 is 0 Å². The van der Waals surface area contributed by atoms with E-state index in [1.54, 1.807) is 16.8 Å². The van der Waals surface area contributed by atoms with E-state index in [0.717, 1.165) is 51.3 Å². The van der Waals surface area contributed by atoms with Crippen molar-refractivity contribution >= 4 is 17.7 Å². The molecule has 1 saturated carbocycles. The first-order chi connectivity index (χ1) is 17.6. The molecule has 4 aromatic rings. The molecule has 4 N–H and O–H groups in total. The van der Waals surface area contributed by atoms with Gasteiger partial charge in [-0.05, 0) is 24.5 Å². The van der Waals surface area contributed by atoms with Gasteiger partial charge < -0.3 is 20.1 Å². The van der Waals surface area contributed by atoms with Gasteiger partial charge in [0.25, 0.3) is 5.62 Å². The lowest BCUT2D eigenvalue weighted by Crippen LogP contribution is -2.40. The highest BCUT2D eigenvalue weighted by atomic mass is 16.5. The summed E-state index contributed by atoms with van der Waals surface area (Å²) in [6.45, 7) is 3.95. The molecule has 6 rings (SSSR count). The second-order valence-corrected chi connectivity index (χ2v) is 9.05. The average Bonchev–Trinajstić information content (AvgIpc) is 3.53. The maximum atomic E-state index is 11.6. The lowest BCUT2D eigenvalue weighted by atomic mass is 10.1. The van der Waals surface area contributed by atoms with E-state index < -0.39 is 5.69 Å². The minimum Gasteiger partial charge on any atom is -0.493 e. The number of hydrogen-bond acceptors (Lipinski definition) is 9. The topological polar surface area (TPSA) is 149 Å². The minimum absolute atomic E-state index is 0.0547. The van der Waals surface area contributed by atoms with Crippen LogP contribution in [0.1, 0.15) is 30.1 Å². The summed E-state index contributed by atoms with van der Waals surface area (Å²) in [7, 11) is 0. The highest BCUT2D eigenvalue weighted by molar-refractivity contribution is 5.57. The van der Waals surface area contributed by atoms with Gasteiger partial charge in [-0.2, -0.15) is 19.6 Å². The second kappa shape index (κ2) is 9.55. The van der Waals surface area contributed by atoms with Crippen LogP contribution in [0.25, 0.3) is 11.7 Å². The van der Waals surface area contributed by atoms with Gasteiger partial charge in [-0.15, -0.1) is 0 Å². The Morgan fingerprint density at radius 2 is 2.00 bits per heavy atom. The van der Waals surface area contributed by atoms with Crippen molar-refractivity contribution in [1.82, 2.24) is 34.4 Å². The third kappa shape index (κ3) is 4.86. The molecule has 0 amide bonds. The summed E-state index contributed by atoms with van der Waals surface area (Å²) in [6.07, 6.45) is 5.29. The molecule has 4 heterocycles. The summed E-state index contributed by atoms with van der Waals surface area (Å²) < 4.78 is 7.11. The summed E-state index contributed by atoms with van der Waals surface area (Å²) in [4.78, 5) is 33.1.